The lowest BCUT2D eigenvalue weighted by atomic mass is 10.2. The summed E-state index contributed by atoms with van der Waals surface area (Å²) in [6.45, 7) is 0.656. The van der Waals surface area contributed by atoms with Crippen LogP contribution in [-0.4, -0.2) is 0 Å². The highest BCUT2D eigenvalue weighted by molar-refractivity contribution is 7.09. The van der Waals surface area contributed by atoms with Gasteiger partial charge in [0.25, 0.3) is 0 Å². The number of hydrogen-bond donors (Lipinski definition) is 1. The van der Waals surface area contributed by atoms with Gasteiger partial charge in [0.05, 0.1) is 0 Å². The zero-order chi connectivity index (χ0) is 11.4. The van der Waals surface area contributed by atoms with Crippen LogP contribution in [0.5, 0.6) is 5.75 Å². The van der Waals surface area contributed by atoms with Gasteiger partial charge in [-0.2, -0.15) is 0 Å². The molecular weight excluding hydrogens is 225 g/mol. The molecule has 0 unspecified atom stereocenters. The maximum Gasteiger partial charge on any atom is 0.165 e. The first-order chi connectivity index (χ1) is 7.81. The molecule has 0 atom stereocenters. The fraction of sp³-hybridized carbons (Fsp3) is 0.167. The fourth-order valence-corrected chi connectivity index (χ4v) is 2.03. The van der Waals surface area contributed by atoms with Crippen LogP contribution in [0.15, 0.2) is 35.7 Å². The molecule has 2 rings (SSSR count). The largest absolute Gasteiger partial charge is 0.485 e. The van der Waals surface area contributed by atoms with Crippen molar-refractivity contribution in [2.24, 2.45) is 5.73 Å². The summed E-state index contributed by atoms with van der Waals surface area (Å²) in [6, 6.07) is 8.67. The minimum atomic E-state index is -0.362. The van der Waals surface area contributed by atoms with Gasteiger partial charge in [-0.05, 0) is 17.5 Å². The number of rotatable bonds is 4. The van der Waals surface area contributed by atoms with Gasteiger partial charge in [0, 0.05) is 17.0 Å². The first kappa shape index (κ1) is 11.1. The Bertz CT molecular complexity index is 456. The molecule has 0 aliphatic carbocycles. The van der Waals surface area contributed by atoms with E-state index < -0.39 is 0 Å². The summed E-state index contributed by atoms with van der Waals surface area (Å²) in [5, 5.41) is 1.96. The maximum atomic E-state index is 13.5. The van der Waals surface area contributed by atoms with Crippen molar-refractivity contribution >= 4 is 11.3 Å². The van der Waals surface area contributed by atoms with Crippen LogP contribution in [0.3, 0.4) is 0 Å². The van der Waals surface area contributed by atoms with Crippen LogP contribution in [0, 0.1) is 5.82 Å². The van der Waals surface area contributed by atoms with E-state index in [2.05, 4.69) is 0 Å². The van der Waals surface area contributed by atoms with Crippen molar-refractivity contribution in [2.45, 2.75) is 13.2 Å². The number of thiophene rings is 1. The molecule has 84 valence electrons. The molecule has 1 aromatic heterocycles. The molecule has 2 aromatic rings. The SMILES string of the molecule is NCc1cccc(F)c1OCc1cccs1. The summed E-state index contributed by atoms with van der Waals surface area (Å²) in [7, 11) is 0. The van der Waals surface area contributed by atoms with Crippen molar-refractivity contribution in [2.75, 3.05) is 0 Å². The molecular formula is C12H12FNOS. The summed E-state index contributed by atoms with van der Waals surface area (Å²) in [4.78, 5) is 1.06. The molecule has 0 fully saturated rings. The molecule has 0 aliphatic heterocycles. The van der Waals surface area contributed by atoms with Crippen LogP contribution >= 0.6 is 11.3 Å². The van der Waals surface area contributed by atoms with E-state index in [1.165, 1.54) is 6.07 Å². The Hall–Kier alpha value is -1.39. The van der Waals surface area contributed by atoms with Crippen molar-refractivity contribution in [3.63, 3.8) is 0 Å². The monoisotopic (exact) mass is 237 g/mol. The lowest BCUT2D eigenvalue weighted by Crippen LogP contribution is -2.03. The van der Waals surface area contributed by atoms with E-state index in [9.17, 15) is 4.39 Å². The zero-order valence-corrected chi connectivity index (χ0v) is 9.47. The molecule has 0 amide bonds. The lowest BCUT2D eigenvalue weighted by molar-refractivity contribution is 0.290. The van der Waals surface area contributed by atoms with Crippen LogP contribution in [-0.2, 0) is 13.2 Å². The third kappa shape index (κ3) is 2.40. The van der Waals surface area contributed by atoms with Crippen LogP contribution < -0.4 is 10.5 Å². The second kappa shape index (κ2) is 5.09. The molecule has 0 spiro atoms. The van der Waals surface area contributed by atoms with Gasteiger partial charge in [0.15, 0.2) is 11.6 Å². The smallest absolute Gasteiger partial charge is 0.165 e. The van der Waals surface area contributed by atoms with E-state index in [1.807, 2.05) is 17.5 Å². The summed E-state index contributed by atoms with van der Waals surface area (Å²) in [5.74, 6) is -0.0992. The van der Waals surface area contributed by atoms with E-state index in [0.29, 0.717) is 12.2 Å². The van der Waals surface area contributed by atoms with Crippen LogP contribution in [0.2, 0.25) is 0 Å². The van der Waals surface area contributed by atoms with Crippen LogP contribution in [0.1, 0.15) is 10.4 Å². The average molecular weight is 237 g/mol. The number of benzene rings is 1. The minimum Gasteiger partial charge on any atom is -0.485 e. The summed E-state index contributed by atoms with van der Waals surface area (Å²) < 4.78 is 18.9. The second-order valence-corrected chi connectivity index (χ2v) is 4.33. The predicted molar refractivity (Wildman–Crippen MR) is 62.9 cm³/mol. The second-order valence-electron chi connectivity index (χ2n) is 3.30. The Morgan fingerprint density at radius 3 is 2.81 bits per heavy atom. The van der Waals surface area contributed by atoms with Gasteiger partial charge in [-0.1, -0.05) is 18.2 Å². The average Bonchev–Trinajstić information content (AvgIpc) is 2.80. The van der Waals surface area contributed by atoms with Crippen molar-refractivity contribution in [1.82, 2.24) is 0 Å². The summed E-state index contributed by atoms with van der Waals surface area (Å²) in [6.07, 6.45) is 0. The summed E-state index contributed by atoms with van der Waals surface area (Å²) in [5.41, 5.74) is 6.22. The molecule has 0 saturated carbocycles. The lowest BCUT2D eigenvalue weighted by Gasteiger charge is -2.10. The Labute approximate surface area is 97.5 Å². The highest BCUT2D eigenvalue weighted by atomic mass is 32.1. The molecule has 0 aliphatic rings. The normalized spacial score (nSPS) is 10.4. The van der Waals surface area contributed by atoms with Gasteiger partial charge in [-0.25, -0.2) is 4.39 Å². The molecule has 4 heteroatoms. The third-order valence-electron chi connectivity index (χ3n) is 2.21. The quantitative estimate of drug-likeness (QED) is 0.887. The van der Waals surface area contributed by atoms with E-state index in [4.69, 9.17) is 10.5 Å². The van der Waals surface area contributed by atoms with Gasteiger partial charge in [-0.3, -0.25) is 0 Å². The van der Waals surface area contributed by atoms with Crippen molar-refractivity contribution in [3.8, 4) is 5.75 Å². The van der Waals surface area contributed by atoms with Gasteiger partial charge >= 0.3 is 0 Å². The van der Waals surface area contributed by atoms with Crippen LogP contribution in [0.25, 0.3) is 0 Å². The van der Waals surface area contributed by atoms with Gasteiger partial charge < -0.3 is 10.5 Å². The van der Waals surface area contributed by atoms with E-state index in [1.54, 1.807) is 23.5 Å². The highest BCUT2D eigenvalue weighted by Crippen LogP contribution is 2.24. The fourth-order valence-electron chi connectivity index (χ4n) is 1.41. The number of para-hydroxylation sites is 1. The number of ether oxygens (including phenoxy) is 1. The summed E-state index contributed by atoms with van der Waals surface area (Å²) >= 11 is 1.58. The van der Waals surface area contributed by atoms with Crippen molar-refractivity contribution < 1.29 is 9.13 Å². The zero-order valence-electron chi connectivity index (χ0n) is 8.65. The number of halogens is 1. The molecule has 1 aromatic carbocycles. The van der Waals surface area contributed by atoms with Crippen LogP contribution in [0.4, 0.5) is 4.39 Å². The Morgan fingerprint density at radius 1 is 1.25 bits per heavy atom. The Balaban J connectivity index is 2.14. The van der Waals surface area contributed by atoms with Crippen molar-refractivity contribution in [3.05, 3.63) is 52.0 Å². The van der Waals surface area contributed by atoms with E-state index in [-0.39, 0.29) is 18.1 Å². The molecule has 0 bridgehead atoms. The molecule has 2 N–H and O–H groups in total. The number of nitrogens with two attached hydrogens (primary N) is 1. The molecule has 2 nitrogen and oxygen atoms in total. The first-order valence-corrected chi connectivity index (χ1v) is 5.82. The van der Waals surface area contributed by atoms with Gasteiger partial charge in [0.2, 0.25) is 0 Å². The number of hydrogen-bond acceptors (Lipinski definition) is 3. The van der Waals surface area contributed by atoms with Crippen molar-refractivity contribution in [1.29, 1.82) is 0 Å². The Kier molecular flexibility index (Phi) is 3.54. The minimum absolute atomic E-state index is 0.262. The van der Waals surface area contributed by atoms with Gasteiger partial charge in [-0.15, -0.1) is 11.3 Å². The first-order valence-electron chi connectivity index (χ1n) is 4.94. The third-order valence-corrected chi connectivity index (χ3v) is 3.06. The van der Waals surface area contributed by atoms with E-state index >= 15 is 0 Å². The molecule has 1 heterocycles. The molecule has 0 saturated heterocycles. The standard InChI is InChI=1S/C12H12FNOS/c13-11-5-1-3-9(7-14)12(11)15-8-10-4-2-6-16-10/h1-6H,7-8,14H2. The van der Waals surface area contributed by atoms with Gasteiger partial charge in [0.1, 0.15) is 6.61 Å². The maximum absolute atomic E-state index is 13.5. The predicted octanol–water partition coefficient (Wildman–Crippen LogP) is 2.92. The topological polar surface area (TPSA) is 35.2 Å². The Morgan fingerprint density at radius 2 is 2.12 bits per heavy atom. The molecule has 16 heavy (non-hydrogen) atoms. The highest BCUT2D eigenvalue weighted by Gasteiger charge is 2.08. The molecule has 0 radical (unpaired) electrons. The van der Waals surface area contributed by atoms with E-state index in [0.717, 1.165) is 4.88 Å².